The molecule has 31 heavy (non-hydrogen) atoms. The second-order valence-electron chi connectivity index (χ2n) is 9.52. The number of urea groups is 1. The number of phenolic OH excluding ortho intramolecular Hbond substituents is 1. The van der Waals surface area contributed by atoms with Crippen LogP contribution in [0.4, 0.5) is 4.79 Å². The Kier molecular flexibility index (Phi) is 4.57. The number of aromatic nitrogens is 3. The maximum atomic E-state index is 12.9. The van der Waals surface area contributed by atoms with Crippen LogP contribution in [0.15, 0.2) is 36.4 Å². The average molecular weight is 422 g/mol. The predicted molar refractivity (Wildman–Crippen MR) is 117 cm³/mol. The highest BCUT2D eigenvalue weighted by molar-refractivity contribution is 6.06. The summed E-state index contributed by atoms with van der Waals surface area (Å²) in [5, 5.41) is 20.1. The molecule has 3 amide bonds. The van der Waals surface area contributed by atoms with Crippen molar-refractivity contribution in [1.29, 1.82) is 0 Å². The molecular formula is C23H27N5O3. The number of hydrogen-bond donors (Lipinski definition) is 1. The third kappa shape index (κ3) is 3.32. The largest absolute Gasteiger partial charge is 0.505 e. The summed E-state index contributed by atoms with van der Waals surface area (Å²) in [5.74, 6) is -0.355. The Morgan fingerprint density at radius 2 is 1.61 bits per heavy atom. The minimum atomic E-state index is -0.932. The van der Waals surface area contributed by atoms with Gasteiger partial charge in [-0.05, 0) is 49.1 Å². The second kappa shape index (κ2) is 6.80. The van der Waals surface area contributed by atoms with Crippen LogP contribution in [0.3, 0.4) is 0 Å². The van der Waals surface area contributed by atoms with Crippen LogP contribution in [0.25, 0.3) is 16.7 Å². The fourth-order valence-electron chi connectivity index (χ4n) is 3.64. The molecule has 0 bridgehead atoms. The van der Waals surface area contributed by atoms with Crippen molar-refractivity contribution in [3.05, 3.63) is 47.5 Å². The van der Waals surface area contributed by atoms with Gasteiger partial charge in [-0.3, -0.25) is 9.69 Å². The van der Waals surface area contributed by atoms with Gasteiger partial charge in [-0.25, -0.2) is 4.79 Å². The zero-order chi connectivity index (χ0) is 22.7. The van der Waals surface area contributed by atoms with Gasteiger partial charge in [-0.2, -0.15) is 0 Å². The number of fused-ring (bicyclic) bond motifs is 1. The first-order valence-corrected chi connectivity index (χ1v) is 10.2. The van der Waals surface area contributed by atoms with Gasteiger partial charge in [0.15, 0.2) is 0 Å². The number of phenols is 1. The highest BCUT2D eigenvalue weighted by Crippen LogP contribution is 2.36. The van der Waals surface area contributed by atoms with Gasteiger partial charge in [0.1, 0.15) is 28.0 Å². The normalized spacial score (nSPS) is 16.6. The van der Waals surface area contributed by atoms with Crippen LogP contribution in [-0.2, 0) is 16.8 Å². The van der Waals surface area contributed by atoms with E-state index >= 15 is 0 Å². The van der Waals surface area contributed by atoms with Crippen LogP contribution in [0, 0.1) is 0 Å². The lowest BCUT2D eigenvalue weighted by molar-refractivity contribution is -0.132. The molecule has 1 saturated heterocycles. The van der Waals surface area contributed by atoms with Gasteiger partial charge in [0.2, 0.25) is 0 Å². The van der Waals surface area contributed by atoms with E-state index in [1.165, 1.54) is 14.6 Å². The summed E-state index contributed by atoms with van der Waals surface area (Å²) in [5.41, 5.74) is 2.05. The zero-order valence-corrected chi connectivity index (χ0v) is 18.7. The molecule has 0 aliphatic carbocycles. The van der Waals surface area contributed by atoms with Crippen molar-refractivity contribution < 1.29 is 14.7 Å². The molecule has 3 aromatic rings. The van der Waals surface area contributed by atoms with Gasteiger partial charge in [0, 0.05) is 12.6 Å². The number of nitrogens with zero attached hydrogens (tertiary/aromatic N) is 5. The average Bonchev–Trinajstić information content (AvgIpc) is 3.19. The Hall–Kier alpha value is -3.42. The summed E-state index contributed by atoms with van der Waals surface area (Å²) >= 11 is 0. The van der Waals surface area contributed by atoms with Crippen LogP contribution < -0.4 is 0 Å². The second-order valence-corrected chi connectivity index (χ2v) is 9.52. The third-order valence-electron chi connectivity index (χ3n) is 5.99. The predicted octanol–water partition coefficient (Wildman–Crippen LogP) is 3.60. The molecule has 0 saturated carbocycles. The SMILES string of the molecule is CN1C(=O)N(Cc2cc(C(C)(C)C)cc(-n3nc4ccccc4n3)c2O)C(=O)C1(C)C. The molecular weight excluding hydrogens is 394 g/mol. The number of carbonyl (C=O) groups is 2. The Morgan fingerprint density at radius 1 is 1.03 bits per heavy atom. The molecule has 1 aliphatic rings. The van der Waals surface area contributed by atoms with E-state index in [1.54, 1.807) is 20.9 Å². The van der Waals surface area contributed by atoms with Crippen LogP contribution in [0.5, 0.6) is 5.75 Å². The third-order valence-corrected chi connectivity index (χ3v) is 5.99. The van der Waals surface area contributed by atoms with Crippen molar-refractivity contribution in [2.75, 3.05) is 7.05 Å². The minimum absolute atomic E-state index is 0.0328. The lowest BCUT2D eigenvalue weighted by Crippen LogP contribution is -2.41. The maximum Gasteiger partial charge on any atom is 0.327 e. The summed E-state index contributed by atoms with van der Waals surface area (Å²) in [4.78, 5) is 29.6. The van der Waals surface area contributed by atoms with E-state index in [-0.39, 0.29) is 29.6 Å². The number of imide groups is 1. The van der Waals surface area contributed by atoms with Gasteiger partial charge in [-0.15, -0.1) is 15.0 Å². The topological polar surface area (TPSA) is 91.6 Å². The van der Waals surface area contributed by atoms with Gasteiger partial charge < -0.3 is 10.0 Å². The quantitative estimate of drug-likeness (QED) is 0.653. The van der Waals surface area contributed by atoms with E-state index in [0.717, 1.165) is 5.56 Å². The lowest BCUT2D eigenvalue weighted by atomic mass is 9.85. The molecule has 1 N–H and O–H groups in total. The molecule has 0 unspecified atom stereocenters. The van der Waals surface area contributed by atoms with Crippen molar-refractivity contribution in [3.8, 4) is 11.4 Å². The molecule has 2 aromatic carbocycles. The monoisotopic (exact) mass is 421 g/mol. The number of likely N-dealkylation sites (N-methyl/N-ethyl adjacent to an activating group) is 1. The van der Waals surface area contributed by atoms with Crippen molar-refractivity contribution in [1.82, 2.24) is 24.8 Å². The Balaban J connectivity index is 1.84. The molecule has 0 spiro atoms. The first-order valence-electron chi connectivity index (χ1n) is 10.2. The molecule has 8 heteroatoms. The summed E-state index contributed by atoms with van der Waals surface area (Å²) in [6.07, 6.45) is 0. The van der Waals surface area contributed by atoms with Gasteiger partial charge >= 0.3 is 6.03 Å². The molecule has 0 atom stereocenters. The van der Waals surface area contributed by atoms with Crippen molar-refractivity contribution in [2.45, 2.75) is 52.1 Å². The fraction of sp³-hybridized carbons (Fsp3) is 0.391. The molecule has 1 aliphatic heterocycles. The van der Waals surface area contributed by atoms with E-state index in [1.807, 2.05) is 36.4 Å². The molecule has 1 fully saturated rings. The number of amides is 3. The molecule has 4 rings (SSSR count). The minimum Gasteiger partial charge on any atom is -0.505 e. The molecule has 162 valence electrons. The molecule has 1 aromatic heterocycles. The lowest BCUT2D eigenvalue weighted by Gasteiger charge is -2.23. The Bertz CT molecular complexity index is 1170. The Labute approximate surface area is 181 Å². The first kappa shape index (κ1) is 20.8. The van der Waals surface area contributed by atoms with Crippen molar-refractivity contribution >= 4 is 23.0 Å². The number of rotatable bonds is 3. The first-order chi connectivity index (χ1) is 14.4. The van der Waals surface area contributed by atoms with Crippen LogP contribution in [-0.4, -0.2) is 54.4 Å². The van der Waals surface area contributed by atoms with Crippen molar-refractivity contribution in [3.63, 3.8) is 0 Å². The summed E-state index contributed by atoms with van der Waals surface area (Å²) in [6, 6.07) is 10.8. The molecule has 0 radical (unpaired) electrons. The van der Waals surface area contributed by atoms with E-state index in [2.05, 4.69) is 31.0 Å². The van der Waals surface area contributed by atoms with Gasteiger partial charge in [0.05, 0.1) is 6.54 Å². The smallest absolute Gasteiger partial charge is 0.327 e. The summed E-state index contributed by atoms with van der Waals surface area (Å²) in [6.45, 7) is 9.57. The van der Waals surface area contributed by atoms with E-state index in [0.29, 0.717) is 22.3 Å². The summed E-state index contributed by atoms with van der Waals surface area (Å²) in [7, 11) is 1.61. The van der Waals surface area contributed by atoms with Crippen LogP contribution >= 0.6 is 0 Å². The highest BCUT2D eigenvalue weighted by atomic mass is 16.3. The summed E-state index contributed by atoms with van der Waals surface area (Å²) < 4.78 is 0. The standard InChI is InChI=1S/C23H27N5O3/c1-22(2,3)15-11-14(13-27-20(30)23(4,5)26(6)21(27)31)19(29)18(12-15)28-24-16-9-7-8-10-17(16)25-28/h7-12,29H,13H2,1-6H3. The maximum absolute atomic E-state index is 12.9. The zero-order valence-electron chi connectivity index (χ0n) is 18.7. The van der Waals surface area contributed by atoms with E-state index in [4.69, 9.17) is 0 Å². The van der Waals surface area contributed by atoms with Gasteiger partial charge in [-0.1, -0.05) is 32.9 Å². The van der Waals surface area contributed by atoms with E-state index < -0.39 is 5.54 Å². The highest BCUT2D eigenvalue weighted by Gasteiger charge is 2.49. The Morgan fingerprint density at radius 3 is 2.10 bits per heavy atom. The van der Waals surface area contributed by atoms with Crippen LogP contribution in [0.2, 0.25) is 0 Å². The molecule has 2 heterocycles. The van der Waals surface area contributed by atoms with E-state index in [9.17, 15) is 14.7 Å². The number of hydrogen-bond acceptors (Lipinski definition) is 5. The number of aromatic hydroxyl groups is 1. The van der Waals surface area contributed by atoms with Gasteiger partial charge in [0.25, 0.3) is 5.91 Å². The van der Waals surface area contributed by atoms with Crippen LogP contribution in [0.1, 0.15) is 45.7 Å². The number of carbonyl (C=O) groups excluding carboxylic acids is 2. The number of benzene rings is 2. The molecule has 8 nitrogen and oxygen atoms in total. The van der Waals surface area contributed by atoms with Crippen molar-refractivity contribution in [2.24, 2.45) is 0 Å². The fourth-order valence-corrected chi connectivity index (χ4v) is 3.64.